The van der Waals surface area contributed by atoms with E-state index in [0.29, 0.717) is 26.4 Å². The summed E-state index contributed by atoms with van der Waals surface area (Å²) in [5.74, 6) is 2.50. The minimum Gasteiger partial charge on any atom is -0.424 e. The van der Waals surface area contributed by atoms with E-state index in [2.05, 4.69) is 0 Å². The highest BCUT2D eigenvalue weighted by molar-refractivity contribution is 8.76. The van der Waals surface area contributed by atoms with Crippen molar-refractivity contribution in [1.29, 1.82) is 0 Å². The van der Waals surface area contributed by atoms with Crippen LogP contribution in [0.5, 0.6) is 0 Å². The second-order valence-electron chi connectivity index (χ2n) is 6.20. The summed E-state index contributed by atoms with van der Waals surface area (Å²) in [6.07, 6.45) is 4.57. The number of hydrogen-bond acceptors (Lipinski definition) is 8. The maximum Gasteiger partial charge on any atom is 0.161 e. The number of hydrogen-bond donors (Lipinski definition) is 0. The van der Waals surface area contributed by atoms with Crippen molar-refractivity contribution < 1.29 is 27.8 Å². The average Bonchev–Trinajstić information content (AvgIpc) is 2.71. The maximum absolute atomic E-state index is 5.75. The van der Waals surface area contributed by atoms with Gasteiger partial charge in [0.25, 0.3) is 0 Å². The van der Waals surface area contributed by atoms with Gasteiger partial charge in [-0.1, -0.05) is 21.6 Å². The Kier molecular flexibility index (Phi) is 28.8. The molecule has 0 spiro atoms. The lowest BCUT2D eigenvalue weighted by Crippen LogP contribution is -2.07. The molecule has 0 unspecified atom stereocenters. The standard InChI is InChI=1S/C18H42O6S2Si2/c1-19-11-13-21-7-3-9-23-27-17-5-15-25-26-16-6-18-28-24-10-4-8-22-14-12-20-2/h3-18,27-28H2,1-2H3. The van der Waals surface area contributed by atoms with E-state index in [9.17, 15) is 0 Å². The fraction of sp³-hybridized carbons (Fsp3) is 1.00. The van der Waals surface area contributed by atoms with Gasteiger partial charge >= 0.3 is 0 Å². The second kappa shape index (κ2) is 27.9. The van der Waals surface area contributed by atoms with Crippen LogP contribution < -0.4 is 0 Å². The van der Waals surface area contributed by atoms with Crippen LogP contribution in [0.1, 0.15) is 25.7 Å². The summed E-state index contributed by atoms with van der Waals surface area (Å²) in [6, 6.07) is 2.57. The van der Waals surface area contributed by atoms with Gasteiger partial charge in [0.05, 0.1) is 26.4 Å². The molecule has 28 heavy (non-hydrogen) atoms. The fourth-order valence-electron chi connectivity index (χ4n) is 2.07. The van der Waals surface area contributed by atoms with Crippen molar-refractivity contribution in [2.45, 2.75) is 37.8 Å². The smallest absolute Gasteiger partial charge is 0.161 e. The molecule has 0 bridgehead atoms. The maximum atomic E-state index is 5.75. The van der Waals surface area contributed by atoms with Crippen LogP contribution in [0.15, 0.2) is 0 Å². The first-order valence-electron chi connectivity index (χ1n) is 10.4. The van der Waals surface area contributed by atoms with Crippen LogP contribution in [0.3, 0.4) is 0 Å². The third-order valence-corrected chi connectivity index (χ3v) is 8.94. The Bertz CT molecular complexity index is 258. The van der Waals surface area contributed by atoms with E-state index in [0.717, 1.165) is 39.3 Å². The van der Waals surface area contributed by atoms with Crippen LogP contribution in [-0.4, -0.2) is 98.1 Å². The molecule has 0 aliphatic rings. The third kappa shape index (κ3) is 26.9. The Hall–Kier alpha value is 0.894. The van der Waals surface area contributed by atoms with Gasteiger partial charge in [0.15, 0.2) is 19.5 Å². The lowest BCUT2D eigenvalue weighted by atomic mass is 10.5. The highest BCUT2D eigenvalue weighted by Gasteiger charge is 1.96. The van der Waals surface area contributed by atoms with E-state index >= 15 is 0 Å². The SMILES string of the molecule is COCCOCCCO[SiH2]CCCSSCCC[SiH2]OCCCOCCOC. The molecule has 170 valence electrons. The average molecular weight is 475 g/mol. The number of methoxy groups -OCH3 is 2. The Morgan fingerprint density at radius 3 is 1.43 bits per heavy atom. The Labute approximate surface area is 185 Å². The first-order valence-corrected chi connectivity index (χ1v) is 16.1. The van der Waals surface area contributed by atoms with Gasteiger partial charge in [-0.15, -0.1) is 0 Å². The normalized spacial score (nSPS) is 12.2. The molecular weight excluding hydrogens is 432 g/mol. The van der Waals surface area contributed by atoms with E-state index in [1.807, 2.05) is 21.6 Å². The Morgan fingerprint density at radius 2 is 1.00 bits per heavy atom. The molecule has 0 amide bonds. The molecule has 0 saturated carbocycles. The molecule has 0 fully saturated rings. The molecule has 0 aromatic heterocycles. The Morgan fingerprint density at radius 1 is 0.536 bits per heavy atom. The molecule has 0 aliphatic carbocycles. The molecule has 0 aromatic rings. The zero-order valence-electron chi connectivity index (χ0n) is 18.0. The summed E-state index contributed by atoms with van der Waals surface area (Å²) in [5, 5.41) is 0. The van der Waals surface area contributed by atoms with Crippen LogP contribution in [-0.2, 0) is 27.8 Å². The van der Waals surface area contributed by atoms with Gasteiger partial charge in [0.1, 0.15) is 0 Å². The van der Waals surface area contributed by atoms with Crippen molar-refractivity contribution in [2.75, 3.05) is 78.6 Å². The molecule has 0 atom stereocenters. The van der Waals surface area contributed by atoms with Gasteiger partial charge in [0.2, 0.25) is 0 Å². The van der Waals surface area contributed by atoms with E-state index in [4.69, 9.17) is 27.8 Å². The van der Waals surface area contributed by atoms with Gasteiger partial charge in [-0.2, -0.15) is 0 Å². The van der Waals surface area contributed by atoms with E-state index in [1.54, 1.807) is 14.2 Å². The van der Waals surface area contributed by atoms with Crippen LogP contribution in [0.25, 0.3) is 0 Å². The van der Waals surface area contributed by atoms with Crippen LogP contribution in [0, 0.1) is 0 Å². The molecule has 0 aromatic carbocycles. The van der Waals surface area contributed by atoms with Gasteiger partial charge in [-0.3, -0.25) is 0 Å². The summed E-state index contributed by atoms with van der Waals surface area (Å²) in [5.41, 5.74) is 0. The van der Waals surface area contributed by atoms with Gasteiger partial charge < -0.3 is 27.8 Å². The van der Waals surface area contributed by atoms with Crippen LogP contribution >= 0.6 is 21.6 Å². The van der Waals surface area contributed by atoms with Crippen molar-refractivity contribution in [3.8, 4) is 0 Å². The molecule has 10 heteroatoms. The summed E-state index contributed by atoms with van der Waals surface area (Å²) < 4.78 is 32.2. The van der Waals surface area contributed by atoms with E-state index in [-0.39, 0.29) is 19.5 Å². The van der Waals surface area contributed by atoms with Crippen molar-refractivity contribution >= 4 is 41.1 Å². The van der Waals surface area contributed by atoms with Crippen molar-refractivity contribution in [3.63, 3.8) is 0 Å². The fourth-order valence-corrected chi connectivity index (χ4v) is 7.22. The second-order valence-corrected chi connectivity index (χ2v) is 11.9. The van der Waals surface area contributed by atoms with Crippen molar-refractivity contribution in [1.82, 2.24) is 0 Å². The molecule has 0 saturated heterocycles. The van der Waals surface area contributed by atoms with Crippen molar-refractivity contribution in [2.24, 2.45) is 0 Å². The minimum atomic E-state index is -0.326. The predicted molar refractivity (Wildman–Crippen MR) is 127 cm³/mol. The van der Waals surface area contributed by atoms with Crippen LogP contribution in [0.2, 0.25) is 12.1 Å². The first kappa shape index (κ1) is 28.9. The van der Waals surface area contributed by atoms with Crippen LogP contribution in [0.4, 0.5) is 0 Å². The lowest BCUT2D eigenvalue weighted by Gasteiger charge is -2.06. The molecular formula is C18H42O6S2Si2. The summed E-state index contributed by atoms with van der Waals surface area (Å²) in [4.78, 5) is 0. The molecule has 0 heterocycles. The number of ether oxygens (including phenoxy) is 4. The lowest BCUT2D eigenvalue weighted by molar-refractivity contribution is 0.0646. The van der Waals surface area contributed by atoms with E-state index < -0.39 is 0 Å². The molecule has 6 nitrogen and oxygen atoms in total. The topological polar surface area (TPSA) is 55.4 Å². The summed E-state index contributed by atoms with van der Waals surface area (Å²) in [7, 11) is 6.76. The molecule has 0 N–H and O–H groups in total. The summed E-state index contributed by atoms with van der Waals surface area (Å²) >= 11 is 0. The van der Waals surface area contributed by atoms with Gasteiger partial charge in [0, 0.05) is 52.2 Å². The zero-order chi connectivity index (χ0) is 20.4. The first-order chi connectivity index (χ1) is 13.9. The molecule has 0 radical (unpaired) electrons. The monoisotopic (exact) mass is 474 g/mol. The Balaban J connectivity index is 2.96. The highest BCUT2D eigenvalue weighted by Crippen LogP contribution is 2.23. The highest BCUT2D eigenvalue weighted by atomic mass is 33.1. The quantitative estimate of drug-likeness (QED) is 0.113. The molecule has 0 rings (SSSR count). The molecule has 0 aliphatic heterocycles. The zero-order valence-corrected chi connectivity index (χ0v) is 22.5. The minimum absolute atomic E-state index is 0.326. The largest absolute Gasteiger partial charge is 0.424 e. The summed E-state index contributed by atoms with van der Waals surface area (Å²) in [6.45, 7) is 5.98. The third-order valence-electron chi connectivity index (χ3n) is 3.63. The number of rotatable bonds is 25. The van der Waals surface area contributed by atoms with Gasteiger partial charge in [-0.25, -0.2) is 0 Å². The van der Waals surface area contributed by atoms with Gasteiger partial charge in [-0.05, 0) is 37.8 Å². The predicted octanol–water partition coefficient (Wildman–Crippen LogP) is 2.29. The van der Waals surface area contributed by atoms with Crippen molar-refractivity contribution in [3.05, 3.63) is 0 Å². The van der Waals surface area contributed by atoms with E-state index in [1.165, 1.54) is 36.4 Å².